The van der Waals surface area contributed by atoms with Gasteiger partial charge in [0, 0.05) is 36.6 Å². The van der Waals surface area contributed by atoms with Gasteiger partial charge in [-0.15, -0.1) is 0 Å². The zero-order valence-electron chi connectivity index (χ0n) is 17.3. The molecule has 0 fully saturated rings. The Morgan fingerprint density at radius 1 is 1.13 bits per heavy atom. The van der Waals surface area contributed by atoms with Gasteiger partial charge in [0.25, 0.3) is 5.91 Å². The van der Waals surface area contributed by atoms with Crippen LogP contribution < -0.4 is 10.9 Å². The molecule has 31 heavy (non-hydrogen) atoms. The number of hydrogen-bond acceptors (Lipinski definition) is 7. The highest BCUT2D eigenvalue weighted by Crippen LogP contribution is 2.13. The van der Waals surface area contributed by atoms with E-state index >= 15 is 0 Å². The molecule has 0 atom stereocenters. The fraction of sp³-hybridized carbons (Fsp3) is 0.300. The number of nitro groups is 1. The minimum atomic E-state index is -1.03. The predicted octanol–water partition coefficient (Wildman–Crippen LogP) is 1.66. The Balaban J connectivity index is 2.20. The molecule has 0 unspecified atom stereocenters. The number of esters is 1. The Morgan fingerprint density at radius 3 is 2.26 bits per heavy atom. The monoisotopic (exact) mass is 430 g/mol. The van der Waals surface area contributed by atoms with E-state index in [4.69, 9.17) is 0 Å². The van der Waals surface area contributed by atoms with Gasteiger partial charge in [0.1, 0.15) is 6.54 Å². The van der Waals surface area contributed by atoms with Crippen LogP contribution in [0.5, 0.6) is 0 Å². The van der Waals surface area contributed by atoms with Gasteiger partial charge in [0.15, 0.2) is 0 Å². The molecule has 0 spiro atoms. The molecule has 11 nitrogen and oxygen atoms in total. The van der Waals surface area contributed by atoms with Crippen molar-refractivity contribution >= 4 is 29.2 Å². The first-order chi connectivity index (χ1) is 14.7. The van der Waals surface area contributed by atoms with Crippen molar-refractivity contribution in [3.8, 4) is 0 Å². The molecule has 1 heterocycles. The SMILES string of the molecule is CCN(CC)C(=O)c1ccc(NC(=O)Cn2cc(C(=O)OC)cc([N+](=O)[O-])c2=O)cc1. The van der Waals surface area contributed by atoms with E-state index in [1.165, 1.54) is 12.1 Å². The molecule has 2 rings (SSSR count). The van der Waals surface area contributed by atoms with Gasteiger partial charge < -0.3 is 15.0 Å². The summed E-state index contributed by atoms with van der Waals surface area (Å²) in [6, 6.07) is 6.99. The van der Waals surface area contributed by atoms with Crippen LogP contribution in [-0.4, -0.2) is 52.4 Å². The van der Waals surface area contributed by atoms with E-state index in [0.29, 0.717) is 24.3 Å². The smallest absolute Gasteiger partial charge is 0.339 e. The van der Waals surface area contributed by atoms with Crippen LogP contribution in [0.25, 0.3) is 0 Å². The van der Waals surface area contributed by atoms with Gasteiger partial charge in [-0.1, -0.05) is 0 Å². The van der Waals surface area contributed by atoms with Crippen molar-refractivity contribution in [2.24, 2.45) is 0 Å². The number of rotatable bonds is 8. The van der Waals surface area contributed by atoms with Gasteiger partial charge >= 0.3 is 17.2 Å². The average molecular weight is 430 g/mol. The lowest BCUT2D eigenvalue weighted by atomic mass is 10.1. The minimum absolute atomic E-state index is 0.138. The van der Waals surface area contributed by atoms with E-state index < -0.39 is 34.6 Å². The summed E-state index contributed by atoms with van der Waals surface area (Å²) in [7, 11) is 1.09. The Kier molecular flexibility index (Phi) is 7.61. The Bertz CT molecular complexity index is 1060. The lowest BCUT2D eigenvalue weighted by Crippen LogP contribution is -2.30. The zero-order chi connectivity index (χ0) is 23.1. The summed E-state index contributed by atoms with van der Waals surface area (Å²) < 4.78 is 5.28. The molecule has 0 saturated carbocycles. The number of ether oxygens (including phenoxy) is 1. The lowest BCUT2D eigenvalue weighted by Gasteiger charge is -2.18. The summed E-state index contributed by atoms with van der Waals surface area (Å²) in [5.74, 6) is -1.67. The predicted molar refractivity (Wildman–Crippen MR) is 111 cm³/mol. The average Bonchev–Trinajstić information content (AvgIpc) is 2.75. The highest BCUT2D eigenvalue weighted by molar-refractivity contribution is 5.96. The molecule has 2 amide bonds. The van der Waals surface area contributed by atoms with Crippen molar-refractivity contribution < 1.29 is 24.0 Å². The molecule has 0 aliphatic heterocycles. The Morgan fingerprint density at radius 2 is 1.74 bits per heavy atom. The number of carbonyl (C=O) groups is 3. The van der Waals surface area contributed by atoms with Crippen LogP contribution in [0.4, 0.5) is 11.4 Å². The second-order valence-electron chi connectivity index (χ2n) is 6.40. The molecule has 0 radical (unpaired) electrons. The molecule has 11 heteroatoms. The highest BCUT2D eigenvalue weighted by Gasteiger charge is 2.21. The third kappa shape index (κ3) is 5.53. The molecular weight excluding hydrogens is 408 g/mol. The molecule has 0 aliphatic rings. The molecule has 1 aromatic carbocycles. The summed E-state index contributed by atoms with van der Waals surface area (Å²) in [5, 5.41) is 13.6. The number of nitrogens with zero attached hydrogens (tertiary/aromatic N) is 3. The third-order valence-electron chi connectivity index (χ3n) is 4.47. The van der Waals surface area contributed by atoms with Gasteiger partial charge in [0.2, 0.25) is 5.91 Å². The molecule has 1 N–H and O–H groups in total. The highest BCUT2D eigenvalue weighted by atomic mass is 16.6. The Hall–Kier alpha value is -4.02. The van der Waals surface area contributed by atoms with Gasteiger partial charge in [-0.25, -0.2) is 4.79 Å². The molecule has 164 valence electrons. The van der Waals surface area contributed by atoms with E-state index in [1.807, 2.05) is 13.8 Å². The van der Waals surface area contributed by atoms with E-state index in [2.05, 4.69) is 10.1 Å². The van der Waals surface area contributed by atoms with Gasteiger partial charge in [0.05, 0.1) is 17.6 Å². The normalized spacial score (nSPS) is 10.3. The number of aromatic nitrogens is 1. The number of nitrogens with one attached hydrogen (secondary N) is 1. The molecule has 2 aromatic rings. The van der Waals surface area contributed by atoms with Crippen molar-refractivity contribution in [1.29, 1.82) is 0 Å². The van der Waals surface area contributed by atoms with E-state index in [9.17, 15) is 29.3 Å². The van der Waals surface area contributed by atoms with Crippen LogP contribution >= 0.6 is 0 Å². The fourth-order valence-corrected chi connectivity index (χ4v) is 2.84. The van der Waals surface area contributed by atoms with Crippen LogP contribution in [0.1, 0.15) is 34.6 Å². The largest absolute Gasteiger partial charge is 0.465 e. The number of anilines is 1. The van der Waals surface area contributed by atoms with Crippen molar-refractivity contribution in [3.05, 3.63) is 68.1 Å². The second kappa shape index (κ2) is 10.1. The maximum Gasteiger partial charge on any atom is 0.339 e. The first-order valence-corrected chi connectivity index (χ1v) is 9.38. The fourth-order valence-electron chi connectivity index (χ4n) is 2.84. The van der Waals surface area contributed by atoms with Crippen molar-refractivity contribution in [2.45, 2.75) is 20.4 Å². The van der Waals surface area contributed by atoms with Crippen LogP contribution in [0.2, 0.25) is 0 Å². The van der Waals surface area contributed by atoms with Crippen LogP contribution in [-0.2, 0) is 16.1 Å². The summed E-state index contributed by atoms with van der Waals surface area (Å²) in [4.78, 5) is 60.5. The van der Waals surface area contributed by atoms with Crippen molar-refractivity contribution in [1.82, 2.24) is 9.47 Å². The summed E-state index contributed by atoms with van der Waals surface area (Å²) >= 11 is 0. The quantitative estimate of drug-likeness (QED) is 0.381. The minimum Gasteiger partial charge on any atom is -0.465 e. The van der Waals surface area contributed by atoms with E-state index in [1.54, 1.807) is 17.0 Å². The molecule has 0 bridgehead atoms. The maximum atomic E-state index is 12.4. The van der Waals surface area contributed by atoms with Crippen LogP contribution in [0.3, 0.4) is 0 Å². The van der Waals surface area contributed by atoms with Gasteiger partial charge in [-0.3, -0.25) is 29.1 Å². The van der Waals surface area contributed by atoms with E-state index in [0.717, 1.165) is 23.9 Å². The molecule has 1 aromatic heterocycles. The summed E-state index contributed by atoms with van der Waals surface area (Å²) in [6.45, 7) is 4.32. The Labute approximate surface area is 177 Å². The standard InChI is InChI=1S/C20H22N4O7/c1-4-22(5-2)18(26)13-6-8-15(9-7-13)21-17(25)12-23-11-14(20(28)31-3)10-16(19(23)27)24(29)30/h6-11H,4-5,12H2,1-3H3,(H,21,25). The van der Waals surface area contributed by atoms with Crippen LogP contribution in [0.15, 0.2) is 41.3 Å². The van der Waals surface area contributed by atoms with Gasteiger partial charge in [-0.05, 0) is 38.1 Å². The summed E-state index contributed by atoms with van der Waals surface area (Å²) in [5.41, 5.74) is -1.30. The first-order valence-electron chi connectivity index (χ1n) is 9.38. The number of carbonyl (C=O) groups excluding carboxylic acids is 3. The number of pyridine rings is 1. The maximum absolute atomic E-state index is 12.4. The zero-order valence-corrected chi connectivity index (χ0v) is 17.3. The third-order valence-corrected chi connectivity index (χ3v) is 4.47. The first kappa shape index (κ1) is 23.3. The number of methoxy groups -OCH3 is 1. The van der Waals surface area contributed by atoms with Gasteiger partial charge in [-0.2, -0.15) is 0 Å². The molecule has 0 saturated heterocycles. The lowest BCUT2D eigenvalue weighted by molar-refractivity contribution is -0.386. The number of amides is 2. The summed E-state index contributed by atoms with van der Waals surface area (Å²) in [6.07, 6.45) is 1.02. The van der Waals surface area contributed by atoms with Crippen LogP contribution in [0, 0.1) is 10.1 Å². The topological polar surface area (TPSA) is 141 Å². The number of benzene rings is 1. The van der Waals surface area contributed by atoms with Crippen molar-refractivity contribution in [3.63, 3.8) is 0 Å². The number of hydrogen-bond donors (Lipinski definition) is 1. The molecular formula is C20H22N4O7. The second-order valence-corrected chi connectivity index (χ2v) is 6.40. The van der Waals surface area contributed by atoms with Crippen molar-refractivity contribution in [2.75, 3.05) is 25.5 Å². The molecule has 0 aliphatic carbocycles. The van der Waals surface area contributed by atoms with E-state index in [-0.39, 0.29) is 11.5 Å².